The summed E-state index contributed by atoms with van der Waals surface area (Å²) in [4.78, 5) is 24.7. The van der Waals surface area contributed by atoms with Crippen LogP contribution in [0.4, 0.5) is 5.69 Å². The van der Waals surface area contributed by atoms with E-state index in [4.69, 9.17) is 4.74 Å². The largest absolute Gasteiger partial charge is 0.483 e. The van der Waals surface area contributed by atoms with Crippen LogP contribution in [0.25, 0.3) is 0 Å². The van der Waals surface area contributed by atoms with E-state index in [9.17, 15) is 18.0 Å². The number of sulfonamides is 1. The van der Waals surface area contributed by atoms with Crippen molar-refractivity contribution in [2.45, 2.75) is 11.8 Å². The SMILES string of the molecule is CC(=O)Nc1ccc(S(=O)(=O)NNC(=O)COc2ccc(Br)cc2Br)cc1. The Morgan fingerprint density at radius 3 is 2.33 bits per heavy atom. The van der Waals surface area contributed by atoms with E-state index < -0.39 is 15.9 Å². The number of benzene rings is 2. The lowest BCUT2D eigenvalue weighted by molar-refractivity contribution is -0.123. The first-order chi connectivity index (χ1) is 12.7. The number of nitrogens with one attached hydrogen (secondary N) is 3. The maximum Gasteiger partial charge on any atom is 0.272 e. The minimum Gasteiger partial charge on any atom is -0.483 e. The van der Waals surface area contributed by atoms with E-state index in [0.29, 0.717) is 15.9 Å². The van der Waals surface area contributed by atoms with Gasteiger partial charge in [0, 0.05) is 17.1 Å². The maximum atomic E-state index is 12.2. The number of halogens is 2. The average Bonchev–Trinajstić information content (AvgIpc) is 2.59. The zero-order valence-corrected chi connectivity index (χ0v) is 17.9. The van der Waals surface area contributed by atoms with Gasteiger partial charge in [0.1, 0.15) is 5.75 Å². The Balaban J connectivity index is 1.90. The molecule has 0 bridgehead atoms. The van der Waals surface area contributed by atoms with Crippen molar-refractivity contribution in [1.82, 2.24) is 10.3 Å². The van der Waals surface area contributed by atoms with Crippen LogP contribution in [0.3, 0.4) is 0 Å². The molecule has 0 aliphatic heterocycles. The number of ether oxygens (including phenoxy) is 1. The van der Waals surface area contributed by atoms with Crippen molar-refractivity contribution in [3.05, 3.63) is 51.4 Å². The molecule has 0 saturated carbocycles. The van der Waals surface area contributed by atoms with Crippen LogP contribution in [0.5, 0.6) is 5.75 Å². The molecule has 0 atom stereocenters. The molecule has 0 spiro atoms. The van der Waals surface area contributed by atoms with E-state index in [-0.39, 0.29) is 17.4 Å². The van der Waals surface area contributed by atoms with Crippen molar-refractivity contribution in [1.29, 1.82) is 0 Å². The molecule has 2 aromatic rings. The summed E-state index contributed by atoms with van der Waals surface area (Å²) in [5.74, 6) is -0.513. The van der Waals surface area contributed by atoms with Crippen LogP contribution < -0.4 is 20.3 Å². The predicted octanol–water partition coefficient (Wildman–Crippen LogP) is 2.56. The summed E-state index contributed by atoms with van der Waals surface area (Å²) in [6.07, 6.45) is 0. The van der Waals surface area contributed by atoms with E-state index in [1.807, 2.05) is 4.83 Å². The second-order valence-corrected chi connectivity index (χ2v) is 8.68. The van der Waals surface area contributed by atoms with Gasteiger partial charge < -0.3 is 10.1 Å². The summed E-state index contributed by atoms with van der Waals surface area (Å²) in [5, 5.41) is 2.53. The van der Waals surface area contributed by atoms with Crippen LogP contribution in [0.15, 0.2) is 56.3 Å². The highest BCUT2D eigenvalue weighted by Crippen LogP contribution is 2.28. The van der Waals surface area contributed by atoms with E-state index in [1.165, 1.54) is 31.2 Å². The van der Waals surface area contributed by atoms with Gasteiger partial charge in [0.05, 0.1) is 9.37 Å². The molecule has 27 heavy (non-hydrogen) atoms. The lowest BCUT2D eigenvalue weighted by atomic mass is 10.3. The fourth-order valence-corrected chi connectivity index (χ4v) is 3.90. The topological polar surface area (TPSA) is 114 Å². The third-order valence-electron chi connectivity index (χ3n) is 3.06. The van der Waals surface area contributed by atoms with Gasteiger partial charge in [-0.3, -0.25) is 15.0 Å². The molecular weight excluding hydrogens is 506 g/mol. The molecule has 0 aromatic heterocycles. The molecule has 2 rings (SSSR count). The summed E-state index contributed by atoms with van der Waals surface area (Å²) < 4.78 is 31.1. The molecule has 8 nitrogen and oxygen atoms in total. The molecule has 0 heterocycles. The zero-order valence-electron chi connectivity index (χ0n) is 14.0. The molecular formula is C16H15Br2N3O5S. The van der Waals surface area contributed by atoms with E-state index in [1.54, 1.807) is 18.2 Å². The third kappa shape index (κ3) is 6.61. The fraction of sp³-hybridized carbons (Fsp3) is 0.125. The van der Waals surface area contributed by atoms with Gasteiger partial charge in [-0.15, -0.1) is 4.83 Å². The number of carbonyl (C=O) groups is 2. The summed E-state index contributed by atoms with van der Waals surface area (Å²) in [6.45, 7) is 0.959. The maximum absolute atomic E-state index is 12.2. The molecule has 11 heteroatoms. The normalized spacial score (nSPS) is 10.9. The highest BCUT2D eigenvalue weighted by molar-refractivity contribution is 9.11. The first kappa shape index (κ1) is 21.4. The van der Waals surface area contributed by atoms with Gasteiger partial charge in [0.25, 0.3) is 15.9 Å². The quantitative estimate of drug-likeness (QED) is 0.485. The van der Waals surface area contributed by atoms with Gasteiger partial charge in [-0.1, -0.05) is 15.9 Å². The predicted molar refractivity (Wildman–Crippen MR) is 107 cm³/mol. The second-order valence-electron chi connectivity index (χ2n) is 5.22. The molecule has 3 N–H and O–H groups in total. The van der Waals surface area contributed by atoms with E-state index >= 15 is 0 Å². The minimum atomic E-state index is -3.96. The number of rotatable bonds is 7. The van der Waals surface area contributed by atoms with Crippen LogP contribution in [-0.4, -0.2) is 26.8 Å². The van der Waals surface area contributed by atoms with Crippen LogP contribution in [-0.2, 0) is 19.6 Å². The number of hydrogen-bond donors (Lipinski definition) is 3. The molecule has 144 valence electrons. The highest BCUT2D eigenvalue weighted by atomic mass is 79.9. The first-order valence-electron chi connectivity index (χ1n) is 7.43. The van der Waals surface area contributed by atoms with Gasteiger partial charge in [-0.2, -0.15) is 0 Å². The van der Waals surface area contributed by atoms with Crippen molar-refractivity contribution in [2.24, 2.45) is 0 Å². The fourth-order valence-electron chi connectivity index (χ4n) is 1.88. The molecule has 2 aromatic carbocycles. The lowest BCUT2D eigenvalue weighted by Crippen LogP contribution is -2.43. The van der Waals surface area contributed by atoms with Crippen molar-refractivity contribution < 1.29 is 22.7 Å². The van der Waals surface area contributed by atoms with Crippen molar-refractivity contribution in [2.75, 3.05) is 11.9 Å². The van der Waals surface area contributed by atoms with Gasteiger partial charge >= 0.3 is 0 Å². The van der Waals surface area contributed by atoms with E-state index in [2.05, 4.69) is 42.6 Å². The zero-order chi connectivity index (χ0) is 20.0. The Kier molecular flexibility index (Phi) is 7.36. The Morgan fingerprint density at radius 2 is 1.74 bits per heavy atom. The van der Waals surface area contributed by atoms with E-state index in [0.717, 1.165) is 4.47 Å². The summed E-state index contributed by atoms with van der Waals surface area (Å²) >= 11 is 6.59. The first-order valence-corrected chi connectivity index (χ1v) is 10.5. The minimum absolute atomic E-state index is 0.0755. The lowest BCUT2D eigenvalue weighted by Gasteiger charge is -2.11. The molecule has 0 fully saturated rings. The highest BCUT2D eigenvalue weighted by Gasteiger charge is 2.15. The standard InChI is InChI=1S/C16H15Br2N3O5S/c1-10(22)19-12-3-5-13(6-4-12)27(24,25)21-20-16(23)9-26-15-7-2-11(17)8-14(15)18/h2-8,21H,9H2,1H3,(H,19,22)(H,20,23). The molecule has 0 unspecified atom stereocenters. The van der Waals surface area contributed by atoms with Crippen LogP contribution in [0.1, 0.15) is 6.92 Å². The number of carbonyl (C=O) groups excluding carboxylic acids is 2. The Hall–Kier alpha value is -1.95. The molecule has 0 saturated heterocycles. The summed E-state index contributed by atoms with van der Waals surface area (Å²) in [6, 6.07) is 10.6. The van der Waals surface area contributed by atoms with Gasteiger partial charge in [-0.25, -0.2) is 8.42 Å². The smallest absolute Gasteiger partial charge is 0.272 e. The number of hydrogen-bond acceptors (Lipinski definition) is 5. The molecule has 0 aliphatic rings. The van der Waals surface area contributed by atoms with Crippen molar-refractivity contribution >= 4 is 59.4 Å². The Morgan fingerprint density at radius 1 is 1.07 bits per heavy atom. The summed E-state index contributed by atoms with van der Waals surface area (Å²) in [5.41, 5.74) is 2.53. The van der Waals surface area contributed by atoms with Gasteiger partial charge in [0.15, 0.2) is 6.61 Å². The van der Waals surface area contributed by atoms with Crippen LogP contribution >= 0.6 is 31.9 Å². The monoisotopic (exact) mass is 519 g/mol. The van der Waals surface area contributed by atoms with Gasteiger partial charge in [0.2, 0.25) is 5.91 Å². The Bertz CT molecular complexity index is 949. The second kappa shape index (κ2) is 9.31. The van der Waals surface area contributed by atoms with Crippen molar-refractivity contribution in [3.8, 4) is 5.75 Å². The number of hydrazine groups is 1. The number of amides is 2. The Labute approximate surface area is 173 Å². The molecule has 0 radical (unpaired) electrons. The molecule has 0 aliphatic carbocycles. The number of anilines is 1. The summed E-state index contributed by atoms with van der Waals surface area (Å²) in [7, 11) is -3.96. The van der Waals surface area contributed by atoms with Crippen LogP contribution in [0.2, 0.25) is 0 Å². The van der Waals surface area contributed by atoms with Crippen molar-refractivity contribution in [3.63, 3.8) is 0 Å². The molecule has 2 amide bonds. The van der Waals surface area contributed by atoms with Gasteiger partial charge in [-0.05, 0) is 58.4 Å². The average molecular weight is 521 g/mol. The third-order valence-corrected chi connectivity index (χ3v) is 5.44. The van der Waals surface area contributed by atoms with Crippen LogP contribution in [0, 0.1) is 0 Å².